The number of ketones is 1. The molecule has 15 nitrogen and oxygen atoms in total. The Morgan fingerprint density at radius 3 is 2.14 bits per heavy atom. The number of hydrogen-bond acceptors (Lipinski definition) is 14. The van der Waals surface area contributed by atoms with Gasteiger partial charge in [-0.15, -0.1) is 0 Å². The molecule has 5 heterocycles. The van der Waals surface area contributed by atoms with Gasteiger partial charge in [0.25, 0.3) is 0 Å². The first-order valence-electron chi connectivity index (χ1n) is 25.0. The van der Waals surface area contributed by atoms with Crippen LogP contribution in [0.2, 0.25) is 0 Å². The first kappa shape index (κ1) is 59.2. The zero-order valence-corrected chi connectivity index (χ0v) is 45.5. The van der Waals surface area contributed by atoms with Crippen LogP contribution in [0.3, 0.4) is 0 Å². The van der Waals surface area contributed by atoms with Crippen LogP contribution in [-0.2, 0) is 38.1 Å². The zero-order chi connectivity index (χ0) is 50.5. The minimum Gasteiger partial charge on any atom is -0.550 e. The number of carboxylic acid groups (broad SMARTS) is 2. The van der Waals surface area contributed by atoms with E-state index < -0.39 is 88.9 Å². The molecule has 0 radical (unpaired) electrons. The van der Waals surface area contributed by atoms with Gasteiger partial charge in [-0.25, -0.2) is 4.79 Å². The van der Waals surface area contributed by atoms with Crippen LogP contribution in [0.15, 0.2) is 36.4 Å². The average Bonchev–Trinajstić information content (AvgIpc) is 3.66. The molecule has 1 aromatic rings. The molecule has 18 unspecified atom stereocenters. The van der Waals surface area contributed by atoms with Gasteiger partial charge in [0, 0.05) is 48.1 Å². The summed E-state index contributed by atoms with van der Waals surface area (Å²) in [6.45, 7) is 19.5. The summed E-state index contributed by atoms with van der Waals surface area (Å²) < 4.78 is 43.6. The van der Waals surface area contributed by atoms with Crippen molar-refractivity contribution in [1.82, 2.24) is 0 Å². The van der Waals surface area contributed by atoms with Crippen LogP contribution < -0.4 is 44.1 Å². The van der Waals surface area contributed by atoms with Gasteiger partial charge in [0.05, 0.1) is 62.0 Å². The Bertz CT molecular complexity index is 1940. The SMILES string of the molecule is CCC(C(=O)[O-])C1CCC(C)C(C(C)C(O)C(C)C(=O)C(CC)C2OC3(C=CC(O)C4(CCC(C)(C5CCC(O)(CC)C(C)O5)O4)O3)C(C)CC2C)O1.COc1ccc(C=CC(=O)O)cc1OC.[Na+]. The number of aliphatic carboxylic acids is 2. The first-order chi connectivity index (χ1) is 32.0. The molecule has 69 heavy (non-hydrogen) atoms. The molecular weight excluding hydrogens is 900 g/mol. The normalized spacial score (nSPS) is 37.7. The number of benzene rings is 1. The van der Waals surface area contributed by atoms with Crippen LogP contribution >= 0.6 is 0 Å². The molecule has 4 N–H and O–H groups in total. The van der Waals surface area contributed by atoms with Crippen molar-refractivity contribution in [3.63, 3.8) is 0 Å². The molecule has 0 saturated carbocycles. The fourth-order valence-corrected chi connectivity index (χ4v) is 11.6. The second-order valence-corrected chi connectivity index (χ2v) is 20.7. The van der Waals surface area contributed by atoms with Gasteiger partial charge in [-0.1, -0.05) is 61.5 Å². The van der Waals surface area contributed by atoms with E-state index in [9.17, 15) is 34.8 Å². The van der Waals surface area contributed by atoms with Gasteiger partial charge in [-0.3, -0.25) is 4.79 Å². The number of hydrogen-bond donors (Lipinski definition) is 4. The second-order valence-electron chi connectivity index (χ2n) is 20.7. The van der Waals surface area contributed by atoms with Crippen LogP contribution in [0.4, 0.5) is 0 Å². The third kappa shape index (κ3) is 12.9. The molecule has 5 aliphatic heterocycles. The summed E-state index contributed by atoms with van der Waals surface area (Å²) in [7, 11) is 3.08. The van der Waals surface area contributed by atoms with Crippen LogP contribution in [0.5, 0.6) is 11.5 Å². The molecule has 18 atom stereocenters. The van der Waals surface area contributed by atoms with Crippen LogP contribution in [0.1, 0.15) is 139 Å². The average molecular weight is 981 g/mol. The Morgan fingerprint density at radius 1 is 0.899 bits per heavy atom. The van der Waals surface area contributed by atoms with Gasteiger partial charge in [0.2, 0.25) is 5.79 Å². The Morgan fingerprint density at radius 2 is 1.57 bits per heavy atom. The molecule has 1 aromatic carbocycles. The number of methoxy groups -OCH3 is 2. The van der Waals surface area contributed by atoms with E-state index in [0.717, 1.165) is 18.1 Å². The van der Waals surface area contributed by atoms with E-state index in [2.05, 4.69) is 20.8 Å². The number of ether oxygens (including phenoxy) is 7. The second kappa shape index (κ2) is 24.5. The van der Waals surface area contributed by atoms with E-state index in [0.29, 0.717) is 69.3 Å². The van der Waals surface area contributed by atoms with Crippen LogP contribution in [-0.4, -0.2) is 118 Å². The molecule has 0 aliphatic carbocycles. The number of carboxylic acids is 2. The Balaban J connectivity index is 0.000000553. The van der Waals surface area contributed by atoms with Gasteiger partial charge in [-0.2, -0.15) is 0 Å². The number of aliphatic hydroxyl groups is 3. The van der Waals surface area contributed by atoms with Crippen molar-refractivity contribution in [3.8, 4) is 11.5 Å². The predicted octanol–water partition coefficient (Wildman–Crippen LogP) is 3.66. The van der Waals surface area contributed by atoms with Gasteiger partial charge < -0.3 is 63.5 Å². The molecule has 2 spiro atoms. The van der Waals surface area contributed by atoms with Crippen molar-refractivity contribution in [2.75, 3.05) is 14.2 Å². The summed E-state index contributed by atoms with van der Waals surface area (Å²) in [5, 5.41) is 54.4. The maximum atomic E-state index is 14.4. The fraction of sp³-hybridized carbons (Fsp3) is 0.755. The van der Waals surface area contributed by atoms with E-state index in [1.54, 1.807) is 44.4 Å². The van der Waals surface area contributed by atoms with Crippen molar-refractivity contribution >= 4 is 23.8 Å². The van der Waals surface area contributed by atoms with E-state index in [-0.39, 0.29) is 65.3 Å². The molecule has 6 rings (SSSR count). The summed E-state index contributed by atoms with van der Waals surface area (Å²) in [5.41, 5.74) is -0.891. The summed E-state index contributed by atoms with van der Waals surface area (Å²) in [6, 6.07) is 5.18. The molecule has 4 saturated heterocycles. The number of aliphatic hydroxyl groups excluding tert-OH is 2. The van der Waals surface area contributed by atoms with Gasteiger partial charge in [-0.05, 0) is 119 Å². The maximum Gasteiger partial charge on any atom is 1.00 e. The summed E-state index contributed by atoms with van der Waals surface area (Å²) in [4.78, 5) is 36.5. The monoisotopic (exact) mass is 981 g/mol. The largest absolute Gasteiger partial charge is 1.00 e. The third-order valence-corrected chi connectivity index (χ3v) is 16.3. The Labute approximate surface area is 432 Å². The van der Waals surface area contributed by atoms with E-state index >= 15 is 0 Å². The Kier molecular flexibility index (Phi) is 21.0. The van der Waals surface area contributed by atoms with Gasteiger partial charge in [0.15, 0.2) is 17.3 Å². The van der Waals surface area contributed by atoms with E-state index in [1.165, 1.54) is 13.2 Å². The molecule has 0 aromatic heterocycles. The number of Topliss-reactive ketones (excluding diaryl/α,β-unsaturated/α-hetero) is 1. The quantitative estimate of drug-likeness (QED) is 0.106. The number of rotatable bonds is 16. The fourth-order valence-electron chi connectivity index (χ4n) is 11.6. The molecule has 0 bridgehead atoms. The zero-order valence-electron chi connectivity index (χ0n) is 43.5. The van der Waals surface area contributed by atoms with E-state index in [1.807, 2.05) is 41.5 Å². The molecular formula is C53H81NaO15. The number of carbonyl (C=O) groups excluding carboxylic acids is 2. The minimum atomic E-state index is -1.37. The molecule has 0 amide bonds. The van der Waals surface area contributed by atoms with Gasteiger partial charge >= 0.3 is 35.5 Å². The van der Waals surface area contributed by atoms with Crippen molar-refractivity contribution in [2.45, 2.75) is 199 Å². The maximum absolute atomic E-state index is 14.4. The van der Waals surface area contributed by atoms with Crippen LogP contribution in [0.25, 0.3) is 6.08 Å². The van der Waals surface area contributed by atoms with Crippen molar-refractivity contribution in [1.29, 1.82) is 0 Å². The third-order valence-electron chi connectivity index (χ3n) is 16.3. The standard InChI is InChI=1S/C42H70O11.C11H12O4.Na/c1-11-29(38(46)47)31-15-14-23(4)36(50-31)27(8)34(44)26(7)35(45)30(12-2)37-24(5)22-25(6)41(51-37)19-16-32(43)42(53-41)21-20-39(10,52-42)33-17-18-40(48,13-3)28(9)49-33;1-14-9-5-3-8(4-6-11(12)13)7-10(9)15-2;/h16,19,23-34,36-37,43-44,48H,11-15,17-18,20-22H2,1-10H3,(H,46,47);3-7H,1-2H3,(H,12,13);/q;;+1/p-1. The van der Waals surface area contributed by atoms with Crippen molar-refractivity contribution in [3.05, 3.63) is 42.0 Å². The van der Waals surface area contributed by atoms with Crippen LogP contribution in [0, 0.1) is 41.4 Å². The summed E-state index contributed by atoms with van der Waals surface area (Å²) >= 11 is 0. The van der Waals surface area contributed by atoms with Gasteiger partial charge in [0.1, 0.15) is 11.9 Å². The van der Waals surface area contributed by atoms with Crippen molar-refractivity contribution < 1.29 is 103 Å². The molecule has 384 valence electrons. The smallest absolute Gasteiger partial charge is 0.550 e. The minimum absolute atomic E-state index is 0. The Hall–Kier alpha value is -2.41. The summed E-state index contributed by atoms with van der Waals surface area (Å²) in [6.07, 6.45) is 7.78. The van der Waals surface area contributed by atoms with E-state index in [4.69, 9.17) is 38.3 Å². The first-order valence-corrected chi connectivity index (χ1v) is 25.0. The molecule has 16 heteroatoms. The number of carbonyl (C=O) groups is 3. The molecule has 4 fully saturated rings. The predicted molar refractivity (Wildman–Crippen MR) is 252 cm³/mol. The van der Waals surface area contributed by atoms with Crippen molar-refractivity contribution in [2.24, 2.45) is 41.4 Å². The summed E-state index contributed by atoms with van der Waals surface area (Å²) in [5.74, 6) is -6.03. The topological polar surface area (TPSA) is 220 Å². The molecule has 5 aliphatic rings.